The highest BCUT2D eigenvalue weighted by Gasteiger charge is 2.20. The van der Waals surface area contributed by atoms with Crippen LogP contribution in [0.2, 0.25) is 5.02 Å². The van der Waals surface area contributed by atoms with Gasteiger partial charge in [-0.3, -0.25) is 4.79 Å². The van der Waals surface area contributed by atoms with Crippen molar-refractivity contribution < 1.29 is 9.21 Å². The van der Waals surface area contributed by atoms with E-state index in [0.717, 1.165) is 18.4 Å². The van der Waals surface area contributed by atoms with E-state index in [0.29, 0.717) is 27.8 Å². The molecular formula is C23H23ClN2O2. The molecule has 0 bridgehead atoms. The third kappa shape index (κ3) is 4.28. The Kier molecular flexibility index (Phi) is 5.77. The van der Waals surface area contributed by atoms with E-state index in [2.05, 4.69) is 10.3 Å². The van der Waals surface area contributed by atoms with Crippen molar-refractivity contribution in [1.82, 2.24) is 10.3 Å². The summed E-state index contributed by atoms with van der Waals surface area (Å²) in [4.78, 5) is 17.3. The fourth-order valence-electron chi connectivity index (χ4n) is 3.70. The van der Waals surface area contributed by atoms with Crippen LogP contribution in [0, 0.1) is 0 Å². The van der Waals surface area contributed by atoms with Crippen LogP contribution >= 0.6 is 11.6 Å². The number of aromatic nitrogens is 1. The molecule has 0 atom stereocenters. The van der Waals surface area contributed by atoms with Crippen LogP contribution in [0.15, 0.2) is 59.1 Å². The zero-order chi connectivity index (χ0) is 19.3. The van der Waals surface area contributed by atoms with E-state index >= 15 is 0 Å². The van der Waals surface area contributed by atoms with Crippen molar-refractivity contribution in [2.24, 2.45) is 0 Å². The molecule has 0 radical (unpaired) electrons. The fourth-order valence-corrected chi connectivity index (χ4v) is 3.83. The lowest BCUT2D eigenvalue weighted by atomic mass is 10.0. The minimum Gasteiger partial charge on any atom is -0.436 e. The van der Waals surface area contributed by atoms with Crippen LogP contribution < -0.4 is 5.32 Å². The topological polar surface area (TPSA) is 55.1 Å². The SMILES string of the molecule is O=C(NC1CCCCCC1)c1ccccc1-c1ncc(-c2ccc(Cl)cc2)o1. The summed E-state index contributed by atoms with van der Waals surface area (Å²) in [5, 5.41) is 3.88. The Morgan fingerprint density at radius 2 is 1.71 bits per heavy atom. The smallest absolute Gasteiger partial charge is 0.252 e. The van der Waals surface area contributed by atoms with E-state index in [1.165, 1.54) is 25.7 Å². The lowest BCUT2D eigenvalue weighted by Crippen LogP contribution is -2.34. The van der Waals surface area contributed by atoms with Gasteiger partial charge in [0.2, 0.25) is 5.89 Å². The van der Waals surface area contributed by atoms with E-state index < -0.39 is 0 Å². The molecule has 144 valence electrons. The van der Waals surface area contributed by atoms with Gasteiger partial charge in [-0.1, -0.05) is 49.4 Å². The molecule has 4 nitrogen and oxygen atoms in total. The molecule has 1 heterocycles. The van der Waals surface area contributed by atoms with Crippen molar-refractivity contribution in [3.8, 4) is 22.8 Å². The van der Waals surface area contributed by atoms with Gasteiger partial charge in [-0.25, -0.2) is 4.98 Å². The van der Waals surface area contributed by atoms with Crippen molar-refractivity contribution in [1.29, 1.82) is 0 Å². The van der Waals surface area contributed by atoms with Crippen LogP contribution in [0.5, 0.6) is 0 Å². The molecule has 1 saturated carbocycles. The highest BCUT2D eigenvalue weighted by atomic mass is 35.5. The predicted octanol–water partition coefficient (Wildman–Crippen LogP) is 6.11. The average molecular weight is 395 g/mol. The Balaban J connectivity index is 1.57. The highest BCUT2D eigenvalue weighted by molar-refractivity contribution is 6.30. The number of benzene rings is 2. The molecule has 1 amide bonds. The lowest BCUT2D eigenvalue weighted by Gasteiger charge is -2.17. The summed E-state index contributed by atoms with van der Waals surface area (Å²) in [5.74, 6) is 1.02. The van der Waals surface area contributed by atoms with Crippen LogP contribution in [-0.4, -0.2) is 16.9 Å². The van der Waals surface area contributed by atoms with Gasteiger partial charge in [0.15, 0.2) is 5.76 Å². The number of hydrogen-bond acceptors (Lipinski definition) is 3. The van der Waals surface area contributed by atoms with E-state index in [1.807, 2.05) is 48.5 Å². The van der Waals surface area contributed by atoms with Gasteiger partial charge >= 0.3 is 0 Å². The van der Waals surface area contributed by atoms with E-state index in [-0.39, 0.29) is 11.9 Å². The Morgan fingerprint density at radius 3 is 2.46 bits per heavy atom. The van der Waals surface area contributed by atoms with Gasteiger partial charge in [-0.2, -0.15) is 0 Å². The third-order valence-electron chi connectivity index (χ3n) is 5.23. The number of halogens is 1. The number of carbonyl (C=O) groups is 1. The summed E-state index contributed by atoms with van der Waals surface area (Å²) >= 11 is 5.96. The van der Waals surface area contributed by atoms with Crippen LogP contribution in [0.25, 0.3) is 22.8 Å². The van der Waals surface area contributed by atoms with Crippen molar-refractivity contribution in [2.45, 2.75) is 44.6 Å². The van der Waals surface area contributed by atoms with E-state index in [4.69, 9.17) is 16.0 Å². The number of hydrogen-bond donors (Lipinski definition) is 1. The standard InChI is InChI=1S/C23H23ClN2O2/c24-17-13-11-16(12-14-17)21-15-25-23(28-21)20-10-6-5-9-19(20)22(27)26-18-7-3-1-2-4-8-18/h5-6,9-15,18H,1-4,7-8H2,(H,26,27). The fraction of sp³-hybridized carbons (Fsp3) is 0.304. The van der Waals surface area contributed by atoms with Crippen LogP contribution in [-0.2, 0) is 0 Å². The summed E-state index contributed by atoms with van der Waals surface area (Å²) < 4.78 is 5.96. The second-order valence-electron chi connectivity index (χ2n) is 7.24. The quantitative estimate of drug-likeness (QED) is 0.542. The average Bonchev–Trinajstić information content (AvgIpc) is 3.07. The molecule has 28 heavy (non-hydrogen) atoms. The van der Waals surface area contributed by atoms with Gasteiger partial charge in [0, 0.05) is 22.2 Å². The third-order valence-corrected chi connectivity index (χ3v) is 5.48. The Labute approximate surface area is 169 Å². The predicted molar refractivity (Wildman–Crippen MR) is 111 cm³/mol. The summed E-state index contributed by atoms with van der Waals surface area (Å²) in [6, 6.07) is 15.1. The first-order valence-corrected chi connectivity index (χ1v) is 10.2. The van der Waals surface area contributed by atoms with E-state index in [9.17, 15) is 4.79 Å². The minimum absolute atomic E-state index is 0.0613. The molecule has 0 unspecified atom stereocenters. The largest absolute Gasteiger partial charge is 0.436 e. The summed E-state index contributed by atoms with van der Waals surface area (Å²) in [5.41, 5.74) is 2.19. The maximum Gasteiger partial charge on any atom is 0.252 e. The Morgan fingerprint density at radius 1 is 1.00 bits per heavy atom. The highest BCUT2D eigenvalue weighted by Crippen LogP contribution is 2.29. The molecule has 4 rings (SSSR count). The monoisotopic (exact) mass is 394 g/mol. The molecule has 1 fully saturated rings. The summed E-state index contributed by atoms with van der Waals surface area (Å²) in [7, 11) is 0. The van der Waals surface area contributed by atoms with Gasteiger partial charge in [0.05, 0.1) is 11.8 Å². The second kappa shape index (κ2) is 8.61. The number of amides is 1. The molecule has 0 aliphatic heterocycles. The lowest BCUT2D eigenvalue weighted by molar-refractivity contribution is 0.0934. The maximum absolute atomic E-state index is 12.9. The van der Waals surface area contributed by atoms with Gasteiger partial charge in [-0.15, -0.1) is 0 Å². The van der Waals surface area contributed by atoms with Crippen molar-refractivity contribution in [2.75, 3.05) is 0 Å². The molecule has 1 aliphatic rings. The van der Waals surface area contributed by atoms with Crippen molar-refractivity contribution in [3.05, 3.63) is 65.3 Å². The number of rotatable bonds is 4. The van der Waals surface area contributed by atoms with E-state index in [1.54, 1.807) is 6.20 Å². The maximum atomic E-state index is 12.9. The van der Waals surface area contributed by atoms with Gasteiger partial charge in [0.1, 0.15) is 0 Å². The minimum atomic E-state index is -0.0613. The molecule has 1 aliphatic carbocycles. The molecule has 3 aromatic rings. The zero-order valence-electron chi connectivity index (χ0n) is 15.7. The van der Waals surface area contributed by atoms with Gasteiger partial charge in [0.25, 0.3) is 5.91 Å². The number of carbonyl (C=O) groups excluding carboxylic acids is 1. The first kappa shape index (κ1) is 18.8. The number of oxazole rings is 1. The Hall–Kier alpha value is -2.59. The molecule has 2 aromatic carbocycles. The van der Waals surface area contributed by atoms with Gasteiger partial charge in [-0.05, 0) is 49.2 Å². The van der Waals surface area contributed by atoms with Crippen molar-refractivity contribution >= 4 is 17.5 Å². The van der Waals surface area contributed by atoms with Crippen LogP contribution in [0.4, 0.5) is 0 Å². The Bertz CT molecular complexity index is 941. The molecule has 1 aromatic heterocycles. The molecule has 5 heteroatoms. The molecular weight excluding hydrogens is 372 g/mol. The number of nitrogens with one attached hydrogen (secondary N) is 1. The first-order valence-electron chi connectivity index (χ1n) is 9.83. The molecule has 0 saturated heterocycles. The molecule has 1 N–H and O–H groups in total. The van der Waals surface area contributed by atoms with Crippen molar-refractivity contribution in [3.63, 3.8) is 0 Å². The normalized spacial score (nSPS) is 15.2. The van der Waals surface area contributed by atoms with Crippen LogP contribution in [0.3, 0.4) is 0 Å². The molecule has 0 spiro atoms. The zero-order valence-corrected chi connectivity index (χ0v) is 16.4. The summed E-state index contributed by atoms with van der Waals surface area (Å²) in [6.07, 6.45) is 8.65. The van der Waals surface area contributed by atoms with Gasteiger partial charge < -0.3 is 9.73 Å². The first-order chi connectivity index (χ1) is 13.7. The second-order valence-corrected chi connectivity index (χ2v) is 7.68. The summed E-state index contributed by atoms with van der Waals surface area (Å²) in [6.45, 7) is 0. The van der Waals surface area contributed by atoms with Crippen LogP contribution in [0.1, 0.15) is 48.9 Å². The number of nitrogens with zero attached hydrogens (tertiary/aromatic N) is 1.